The van der Waals surface area contributed by atoms with Gasteiger partial charge in [-0.3, -0.25) is 0 Å². The van der Waals surface area contributed by atoms with Crippen LogP contribution in [-0.4, -0.2) is 36.1 Å². The summed E-state index contributed by atoms with van der Waals surface area (Å²) in [4.78, 5) is 11.0. The predicted octanol–water partition coefficient (Wildman–Crippen LogP) is 0.838. The van der Waals surface area contributed by atoms with Crippen LogP contribution in [0.15, 0.2) is 12.6 Å². The molecule has 1 N–H and O–H groups in total. The zero-order valence-corrected chi connectivity index (χ0v) is 9.03. The summed E-state index contributed by atoms with van der Waals surface area (Å²) in [5.41, 5.74) is 0.899. The summed E-state index contributed by atoms with van der Waals surface area (Å²) in [7, 11) is 0. The smallest absolute Gasteiger partial charge is 0.132 e. The fraction of sp³-hybridized carbons (Fsp3) is 0.455. The summed E-state index contributed by atoms with van der Waals surface area (Å²) < 4.78 is 0. The minimum atomic E-state index is 0.806. The zero-order chi connectivity index (χ0) is 10.7. The molecule has 80 valence electrons. The van der Waals surface area contributed by atoms with Crippen LogP contribution >= 0.6 is 0 Å². The first-order valence-corrected chi connectivity index (χ1v) is 5.23. The second kappa shape index (κ2) is 4.40. The topological polar surface area (TPSA) is 41.0 Å². The van der Waals surface area contributed by atoms with E-state index in [1.54, 1.807) is 6.08 Å². The van der Waals surface area contributed by atoms with Crippen LogP contribution in [-0.2, 0) is 0 Å². The average molecular weight is 204 g/mol. The van der Waals surface area contributed by atoms with Crippen LogP contribution in [0.4, 0.5) is 5.82 Å². The summed E-state index contributed by atoms with van der Waals surface area (Å²) in [5.74, 6) is 1.82. The molecule has 0 spiro atoms. The van der Waals surface area contributed by atoms with Gasteiger partial charge in [-0.25, -0.2) is 9.97 Å². The summed E-state index contributed by atoms with van der Waals surface area (Å²) in [6.45, 7) is 9.71. The number of aryl methyl sites for hydroxylation is 1. The summed E-state index contributed by atoms with van der Waals surface area (Å²) >= 11 is 0. The van der Waals surface area contributed by atoms with Crippen molar-refractivity contribution >= 4 is 11.9 Å². The molecular weight excluding hydrogens is 188 g/mol. The lowest BCUT2D eigenvalue weighted by molar-refractivity contribution is 0.584. The van der Waals surface area contributed by atoms with E-state index in [2.05, 4.69) is 26.8 Å². The molecule has 1 aliphatic heterocycles. The van der Waals surface area contributed by atoms with Gasteiger partial charge in [-0.05, 0) is 13.0 Å². The Balaban J connectivity index is 2.25. The molecule has 15 heavy (non-hydrogen) atoms. The molecule has 0 atom stereocenters. The van der Waals surface area contributed by atoms with E-state index < -0.39 is 0 Å². The van der Waals surface area contributed by atoms with Gasteiger partial charge in [-0.2, -0.15) is 0 Å². The molecule has 1 aliphatic rings. The number of hydrogen-bond acceptors (Lipinski definition) is 4. The minimum absolute atomic E-state index is 0.806. The number of piperazine rings is 1. The molecule has 1 saturated heterocycles. The van der Waals surface area contributed by atoms with E-state index in [0.717, 1.165) is 43.5 Å². The van der Waals surface area contributed by atoms with Crippen LogP contribution in [0.3, 0.4) is 0 Å². The Hall–Kier alpha value is -1.42. The molecule has 1 aromatic rings. The van der Waals surface area contributed by atoms with Crippen molar-refractivity contribution in [1.82, 2.24) is 15.3 Å². The van der Waals surface area contributed by atoms with Crippen molar-refractivity contribution < 1.29 is 0 Å². The van der Waals surface area contributed by atoms with Crippen molar-refractivity contribution in [3.05, 3.63) is 24.2 Å². The Morgan fingerprint density at radius 1 is 1.40 bits per heavy atom. The molecule has 4 heteroatoms. The van der Waals surface area contributed by atoms with Crippen LogP contribution in [0.5, 0.6) is 0 Å². The first kappa shape index (κ1) is 10.1. The number of aromatic nitrogens is 2. The van der Waals surface area contributed by atoms with E-state index in [1.165, 1.54) is 0 Å². The molecule has 0 radical (unpaired) electrons. The molecule has 0 unspecified atom stereocenters. The van der Waals surface area contributed by atoms with Gasteiger partial charge in [0.2, 0.25) is 0 Å². The zero-order valence-electron chi connectivity index (χ0n) is 9.03. The van der Waals surface area contributed by atoms with Crippen LogP contribution in [0.2, 0.25) is 0 Å². The van der Waals surface area contributed by atoms with E-state index in [0.29, 0.717) is 0 Å². The lowest BCUT2D eigenvalue weighted by atomic mass is 10.3. The highest BCUT2D eigenvalue weighted by Gasteiger charge is 2.12. The largest absolute Gasteiger partial charge is 0.354 e. The normalized spacial score (nSPS) is 16.5. The van der Waals surface area contributed by atoms with Crippen LogP contribution in [0.25, 0.3) is 6.08 Å². The van der Waals surface area contributed by atoms with Crippen molar-refractivity contribution in [2.75, 3.05) is 31.1 Å². The van der Waals surface area contributed by atoms with E-state index >= 15 is 0 Å². The Kier molecular flexibility index (Phi) is 2.97. The molecule has 4 nitrogen and oxygen atoms in total. The highest BCUT2D eigenvalue weighted by molar-refractivity contribution is 5.50. The molecule has 0 bridgehead atoms. The summed E-state index contributed by atoms with van der Waals surface area (Å²) in [5, 5.41) is 3.32. The van der Waals surface area contributed by atoms with E-state index in [1.807, 2.05) is 13.0 Å². The monoisotopic (exact) mass is 204 g/mol. The highest BCUT2D eigenvalue weighted by atomic mass is 15.2. The van der Waals surface area contributed by atoms with Crippen molar-refractivity contribution in [1.29, 1.82) is 0 Å². The van der Waals surface area contributed by atoms with Gasteiger partial charge in [0.15, 0.2) is 0 Å². The van der Waals surface area contributed by atoms with Gasteiger partial charge in [0.05, 0.1) is 5.69 Å². The Morgan fingerprint density at radius 2 is 2.13 bits per heavy atom. The first-order chi connectivity index (χ1) is 7.29. The fourth-order valence-electron chi connectivity index (χ4n) is 1.73. The van der Waals surface area contributed by atoms with E-state index in [4.69, 9.17) is 0 Å². The molecule has 0 aromatic carbocycles. The lowest BCUT2D eigenvalue weighted by Gasteiger charge is -2.28. The Morgan fingerprint density at radius 3 is 2.80 bits per heavy atom. The molecular formula is C11H16N4. The second-order valence-corrected chi connectivity index (χ2v) is 3.64. The maximum atomic E-state index is 4.44. The Bertz CT molecular complexity index is 356. The predicted molar refractivity (Wildman–Crippen MR) is 61.9 cm³/mol. The number of nitrogens with zero attached hydrogens (tertiary/aromatic N) is 3. The maximum Gasteiger partial charge on any atom is 0.132 e. The molecule has 0 aliphatic carbocycles. The molecule has 1 fully saturated rings. The third-order valence-electron chi connectivity index (χ3n) is 2.49. The molecule has 0 saturated carbocycles. The number of rotatable bonds is 2. The maximum absolute atomic E-state index is 4.44. The van der Waals surface area contributed by atoms with Crippen LogP contribution in [0, 0.1) is 6.92 Å². The molecule has 0 amide bonds. The van der Waals surface area contributed by atoms with Gasteiger partial charge in [-0.1, -0.05) is 6.58 Å². The number of nitrogens with one attached hydrogen (secondary N) is 1. The highest BCUT2D eigenvalue weighted by Crippen LogP contribution is 2.13. The summed E-state index contributed by atoms with van der Waals surface area (Å²) in [6, 6.07) is 1.99. The van der Waals surface area contributed by atoms with Gasteiger partial charge in [0, 0.05) is 32.2 Å². The fourth-order valence-corrected chi connectivity index (χ4v) is 1.73. The van der Waals surface area contributed by atoms with Crippen LogP contribution in [0.1, 0.15) is 11.5 Å². The summed E-state index contributed by atoms with van der Waals surface area (Å²) in [6.07, 6.45) is 1.76. The number of anilines is 1. The number of hydrogen-bond donors (Lipinski definition) is 1. The quantitative estimate of drug-likeness (QED) is 0.775. The van der Waals surface area contributed by atoms with Gasteiger partial charge in [-0.15, -0.1) is 0 Å². The SMILES string of the molecule is C=Cc1cc(N2CCNCC2)nc(C)n1. The first-order valence-electron chi connectivity index (χ1n) is 5.23. The van der Waals surface area contributed by atoms with Crippen molar-refractivity contribution in [3.63, 3.8) is 0 Å². The molecule has 2 heterocycles. The average Bonchev–Trinajstić information content (AvgIpc) is 2.29. The van der Waals surface area contributed by atoms with Gasteiger partial charge in [0.25, 0.3) is 0 Å². The van der Waals surface area contributed by atoms with Crippen molar-refractivity contribution in [2.45, 2.75) is 6.92 Å². The van der Waals surface area contributed by atoms with Crippen molar-refractivity contribution in [2.24, 2.45) is 0 Å². The molecule has 2 rings (SSSR count). The van der Waals surface area contributed by atoms with Gasteiger partial charge in [0.1, 0.15) is 11.6 Å². The van der Waals surface area contributed by atoms with E-state index in [9.17, 15) is 0 Å². The third kappa shape index (κ3) is 2.33. The standard InChI is InChI=1S/C11H16N4/c1-3-10-8-11(14-9(2)13-10)15-6-4-12-5-7-15/h3,8,12H,1,4-7H2,2H3. The van der Waals surface area contributed by atoms with Crippen LogP contribution < -0.4 is 10.2 Å². The van der Waals surface area contributed by atoms with Gasteiger partial charge < -0.3 is 10.2 Å². The Labute approximate surface area is 90.0 Å². The van der Waals surface area contributed by atoms with Gasteiger partial charge >= 0.3 is 0 Å². The second-order valence-electron chi connectivity index (χ2n) is 3.64. The van der Waals surface area contributed by atoms with Crippen molar-refractivity contribution in [3.8, 4) is 0 Å². The lowest BCUT2D eigenvalue weighted by Crippen LogP contribution is -2.44. The molecule has 1 aromatic heterocycles. The van der Waals surface area contributed by atoms with E-state index in [-0.39, 0.29) is 0 Å². The third-order valence-corrected chi connectivity index (χ3v) is 2.49. The minimum Gasteiger partial charge on any atom is -0.354 e.